The summed E-state index contributed by atoms with van der Waals surface area (Å²) >= 11 is 3.22. The van der Waals surface area contributed by atoms with Crippen molar-refractivity contribution in [3.8, 4) is 5.75 Å². The largest absolute Gasteiger partial charge is 0.510 e. The van der Waals surface area contributed by atoms with Gasteiger partial charge in [-0.05, 0) is 50.9 Å². The number of phenols is 1. The van der Waals surface area contributed by atoms with E-state index in [1.54, 1.807) is 27.1 Å². The zero-order chi connectivity index (χ0) is 27.6. The number of hydrogen-bond acceptors (Lipinski definition) is 9. The smallest absolute Gasteiger partial charge is 0.255 e. The van der Waals surface area contributed by atoms with Gasteiger partial charge in [0.05, 0.1) is 22.1 Å². The fourth-order valence-corrected chi connectivity index (χ4v) is 5.84. The molecule has 1 aromatic rings. The van der Waals surface area contributed by atoms with Crippen LogP contribution in [0.25, 0.3) is 0 Å². The first-order valence-corrected chi connectivity index (χ1v) is 12.6. The summed E-state index contributed by atoms with van der Waals surface area (Å²) in [4.78, 5) is 52.2. The monoisotopic (exact) mass is 657 g/mol. The van der Waals surface area contributed by atoms with E-state index in [1.165, 1.54) is 11.0 Å². The molecule has 0 bridgehead atoms. The van der Waals surface area contributed by atoms with Crippen LogP contribution in [0.3, 0.4) is 0 Å². The molecule has 7 N–H and O–H groups in total. The number of nitrogens with zero attached hydrogens (tertiary/aromatic N) is 1. The lowest BCUT2D eigenvalue weighted by Crippen LogP contribution is -2.63. The average Bonchev–Trinajstić information content (AvgIpc) is 2.82. The Morgan fingerprint density at radius 3 is 2.42 bits per heavy atom. The number of nitrogens with two attached hydrogens (primary N) is 1. The van der Waals surface area contributed by atoms with E-state index in [2.05, 4.69) is 21.2 Å². The molecule has 4 unspecified atom stereocenters. The van der Waals surface area contributed by atoms with E-state index in [0.717, 1.165) is 0 Å². The topological polar surface area (TPSA) is 190 Å². The lowest BCUT2D eigenvalue weighted by molar-refractivity contribution is -0.148. The standard InChI is InChI=1S/C25H28BrN3O8.BrH/c1-4-12(26)24(36)28-13-6-5-9-7-10-8-11-17(29(2)3)20(32)16(23(27)35)22(34)25(11,37)21(33)15(10)19(31)14(9)18(13)30;/h5-6,10-12,17,30,32-33,37H,4,7-8H2,1-3H3,(H2,27,35)(H,28,36);1H/t10?,11?,12?,17-,25?;/m0./s1. The van der Waals surface area contributed by atoms with Crippen LogP contribution in [0, 0.1) is 11.8 Å². The lowest BCUT2D eigenvalue weighted by Gasteiger charge is -2.50. The number of amides is 2. The molecule has 0 saturated heterocycles. The van der Waals surface area contributed by atoms with Crippen LogP contribution in [-0.2, 0) is 20.8 Å². The maximum atomic E-state index is 13.6. The normalized spacial score (nSPS) is 27.3. The van der Waals surface area contributed by atoms with Gasteiger partial charge in [0, 0.05) is 11.5 Å². The maximum absolute atomic E-state index is 13.6. The van der Waals surface area contributed by atoms with Crippen LogP contribution >= 0.6 is 32.9 Å². The molecule has 0 saturated carbocycles. The van der Waals surface area contributed by atoms with Crippen molar-refractivity contribution >= 4 is 62.0 Å². The van der Waals surface area contributed by atoms with Gasteiger partial charge in [0.15, 0.2) is 17.1 Å². The molecule has 3 aliphatic carbocycles. The number of aliphatic hydroxyl groups excluding tert-OH is 2. The first-order valence-electron chi connectivity index (χ1n) is 11.7. The Hall–Kier alpha value is -2.74. The number of halogens is 2. The van der Waals surface area contributed by atoms with Gasteiger partial charge < -0.3 is 31.5 Å². The fourth-order valence-electron chi connectivity index (χ4n) is 5.72. The number of carbonyl (C=O) groups excluding carboxylic acids is 4. The molecule has 38 heavy (non-hydrogen) atoms. The molecule has 0 radical (unpaired) electrons. The minimum absolute atomic E-state index is 0. The van der Waals surface area contributed by atoms with Crippen LogP contribution in [0.2, 0.25) is 0 Å². The molecule has 0 spiro atoms. The third-order valence-electron chi connectivity index (χ3n) is 7.50. The van der Waals surface area contributed by atoms with Crippen molar-refractivity contribution in [3.63, 3.8) is 0 Å². The number of Topliss-reactive ketones (excluding diaryl/α,β-unsaturated/α-hetero) is 2. The zero-order valence-corrected chi connectivity index (χ0v) is 24.1. The van der Waals surface area contributed by atoms with Gasteiger partial charge in [0.1, 0.15) is 17.1 Å². The number of anilines is 1. The van der Waals surface area contributed by atoms with Gasteiger partial charge in [-0.1, -0.05) is 28.9 Å². The van der Waals surface area contributed by atoms with Crippen LogP contribution in [0.5, 0.6) is 5.75 Å². The highest BCUT2D eigenvalue weighted by Crippen LogP contribution is 2.52. The second-order valence-corrected chi connectivity index (χ2v) is 10.9. The van der Waals surface area contributed by atoms with Crippen molar-refractivity contribution < 1.29 is 39.6 Å². The molecule has 4 rings (SSSR count). The summed E-state index contributed by atoms with van der Waals surface area (Å²) in [5.74, 6) is -7.62. The molecule has 206 valence electrons. The predicted molar refractivity (Wildman–Crippen MR) is 146 cm³/mol. The van der Waals surface area contributed by atoms with E-state index in [4.69, 9.17) is 5.73 Å². The van der Waals surface area contributed by atoms with Gasteiger partial charge in [-0.15, -0.1) is 17.0 Å². The third-order valence-corrected chi connectivity index (χ3v) is 8.56. The van der Waals surface area contributed by atoms with Crippen molar-refractivity contribution in [3.05, 3.63) is 45.9 Å². The Balaban J connectivity index is 0.00000400. The zero-order valence-electron chi connectivity index (χ0n) is 20.8. The Morgan fingerprint density at radius 1 is 1.24 bits per heavy atom. The molecule has 11 nitrogen and oxygen atoms in total. The summed E-state index contributed by atoms with van der Waals surface area (Å²) in [6, 6.07) is 2.01. The second kappa shape index (κ2) is 10.4. The summed E-state index contributed by atoms with van der Waals surface area (Å²) in [6.07, 6.45) is 0.664. The van der Waals surface area contributed by atoms with E-state index in [-0.39, 0.29) is 46.6 Å². The molecule has 5 atom stereocenters. The molecule has 0 heterocycles. The van der Waals surface area contributed by atoms with Crippen LogP contribution < -0.4 is 11.1 Å². The highest BCUT2D eigenvalue weighted by molar-refractivity contribution is 9.10. The van der Waals surface area contributed by atoms with Gasteiger partial charge in [0.2, 0.25) is 11.7 Å². The highest BCUT2D eigenvalue weighted by atomic mass is 79.9. The van der Waals surface area contributed by atoms with Gasteiger partial charge in [-0.2, -0.15) is 0 Å². The van der Waals surface area contributed by atoms with Crippen LogP contribution in [-0.4, -0.2) is 79.3 Å². The van der Waals surface area contributed by atoms with E-state index >= 15 is 0 Å². The van der Waals surface area contributed by atoms with Crippen molar-refractivity contribution in [1.82, 2.24) is 4.90 Å². The first kappa shape index (κ1) is 29.8. The van der Waals surface area contributed by atoms with E-state index in [1.807, 2.05) is 0 Å². The number of ketones is 2. The molecular formula is C25H29Br2N3O8. The van der Waals surface area contributed by atoms with Crippen molar-refractivity contribution in [2.75, 3.05) is 19.4 Å². The first-order chi connectivity index (χ1) is 17.3. The minimum atomic E-state index is -2.70. The number of aromatic hydroxyl groups is 1. The predicted octanol–water partition coefficient (Wildman–Crippen LogP) is 1.81. The Labute approximate surface area is 237 Å². The average molecular weight is 659 g/mol. The number of aliphatic hydroxyl groups is 3. The summed E-state index contributed by atoms with van der Waals surface area (Å²) < 4.78 is 0. The van der Waals surface area contributed by atoms with Crippen molar-refractivity contribution in [1.29, 1.82) is 0 Å². The maximum Gasteiger partial charge on any atom is 0.255 e. The summed E-state index contributed by atoms with van der Waals surface area (Å²) in [6.45, 7) is 1.79. The Kier molecular flexibility index (Phi) is 8.19. The molecule has 3 aliphatic rings. The molecule has 0 fully saturated rings. The number of allylic oxidation sites excluding steroid dienone is 1. The molecular weight excluding hydrogens is 630 g/mol. The highest BCUT2D eigenvalue weighted by Gasteiger charge is 2.63. The molecule has 13 heteroatoms. The second-order valence-electron chi connectivity index (χ2n) is 9.82. The van der Waals surface area contributed by atoms with Crippen LogP contribution in [0.4, 0.5) is 5.69 Å². The number of likely N-dealkylation sites (N-methyl/N-ethyl adjacent to an activating group) is 1. The quantitative estimate of drug-likeness (QED) is 0.156. The van der Waals surface area contributed by atoms with Crippen molar-refractivity contribution in [2.24, 2.45) is 17.6 Å². The number of hydrogen-bond donors (Lipinski definition) is 6. The number of rotatable bonds is 5. The fraction of sp³-hybridized carbons (Fsp3) is 0.440. The molecule has 0 aliphatic heterocycles. The number of alkyl halides is 1. The lowest BCUT2D eigenvalue weighted by atomic mass is 9.58. The van der Waals surface area contributed by atoms with Gasteiger partial charge >= 0.3 is 0 Å². The van der Waals surface area contributed by atoms with Gasteiger partial charge in [-0.3, -0.25) is 24.1 Å². The van der Waals surface area contributed by atoms with Gasteiger partial charge in [0.25, 0.3) is 5.91 Å². The Bertz CT molecular complexity index is 1310. The minimum Gasteiger partial charge on any atom is -0.510 e. The van der Waals surface area contributed by atoms with E-state index in [0.29, 0.717) is 12.0 Å². The summed E-state index contributed by atoms with van der Waals surface area (Å²) in [5, 5.41) is 47.1. The van der Waals surface area contributed by atoms with Crippen LogP contribution in [0.15, 0.2) is 34.8 Å². The van der Waals surface area contributed by atoms with Gasteiger partial charge in [-0.25, -0.2) is 0 Å². The number of benzene rings is 1. The molecule has 0 aromatic heterocycles. The molecule has 2 amide bonds. The summed E-state index contributed by atoms with van der Waals surface area (Å²) in [7, 11) is 3.13. The number of nitrogens with one attached hydrogen (secondary N) is 1. The van der Waals surface area contributed by atoms with Crippen molar-refractivity contribution in [2.45, 2.75) is 42.7 Å². The summed E-state index contributed by atoms with van der Waals surface area (Å²) in [5.41, 5.74) is 1.79. The van der Waals surface area contributed by atoms with E-state index < -0.39 is 74.5 Å². The number of fused-ring (bicyclic) bond motifs is 3. The number of primary amides is 1. The SMILES string of the molecule is Br.CCC(Br)C(=O)Nc1ccc2c(c1O)C(=O)C1=C(O)C3(O)C(=O)C(C(N)=O)=C(O)[C@@H](N(C)C)C3CC1C2. The van der Waals surface area contributed by atoms with E-state index in [9.17, 15) is 39.6 Å². The number of phenolic OH excluding ortho intramolecular Hbond substituents is 1. The Morgan fingerprint density at radius 2 is 1.87 bits per heavy atom. The molecule has 1 aromatic carbocycles. The van der Waals surface area contributed by atoms with Crippen LogP contribution in [0.1, 0.15) is 35.7 Å². The number of carbonyl (C=O) groups is 4. The third kappa shape index (κ3) is 4.25.